The van der Waals surface area contributed by atoms with Crippen molar-refractivity contribution in [2.24, 2.45) is 5.41 Å². The second-order valence-electron chi connectivity index (χ2n) is 9.89. The van der Waals surface area contributed by atoms with Crippen LogP contribution in [0.5, 0.6) is 17.2 Å². The van der Waals surface area contributed by atoms with Crippen LogP contribution in [0.2, 0.25) is 0 Å². The molecule has 1 atom stereocenters. The van der Waals surface area contributed by atoms with Gasteiger partial charge in [0.15, 0.2) is 0 Å². The first kappa shape index (κ1) is 26.1. The first-order valence-corrected chi connectivity index (χ1v) is 11.6. The van der Waals surface area contributed by atoms with E-state index in [4.69, 9.17) is 19.3 Å². The van der Waals surface area contributed by atoms with E-state index in [1.165, 1.54) is 6.07 Å². The Hall–Kier alpha value is -3.54. The molecule has 0 spiro atoms. The Kier molecular flexibility index (Phi) is 8.39. The molecule has 0 radical (unpaired) electrons. The molecule has 5 nitrogen and oxygen atoms in total. The Balaban J connectivity index is 1.86. The summed E-state index contributed by atoms with van der Waals surface area (Å²) in [6.07, 6.45) is 0.0558. The summed E-state index contributed by atoms with van der Waals surface area (Å²) < 4.78 is 32.2. The zero-order valence-corrected chi connectivity index (χ0v) is 20.9. The van der Waals surface area contributed by atoms with E-state index in [0.717, 1.165) is 11.1 Å². The second-order valence-corrected chi connectivity index (χ2v) is 9.89. The molecule has 0 heterocycles. The molecule has 0 fully saturated rings. The fourth-order valence-corrected chi connectivity index (χ4v) is 3.59. The number of carboxylic acid groups (broad SMARTS) is 1. The highest BCUT2D eigenvalue weighted by atomic mass is 19.1. The number of benzene rings is 3. The van der Waals surface area contributed by atoms with Crippen molar-refractivity contribution in [3.8, 4) is 28.4 Å². The van der Waals surface area contributed by atoms with Crippen LogP contribution >= 0.6 is 0 Å². The Bertz CT molecular complexity index is 1170. The Labute approximate surface area is 206 Å². The van der Waals surface area contributed by atoms with E-state index in [-0.39, 0.29) is 30.2 Å². The SMILES string of the molecule is COc1ccc(F)c(-c2ccc(COc3cccc([C@@H](C)CC(=O)O)c3)cc2OCC(C)(C)C)c1. The molecule has 3 rings (SSSR count). The number of ether oxygens (including phenoxy) is 3. The number of aliphatic carboxylic acids is 1. The minimum atomic E-state index is -0.834. The molecule has 186 valence electrons. The van der Waals surface area contributed by atoms with Gasteiger partial charge in [-0.3, -0.25) is 4.79 Å². The van der Waals surface area contributed by atoms with Crippen molar-refractivity contribution in [1.29, 1.82) is 0 Å². The third-order valence-corrected chi connectivity index (χ3v) is 5.48. The molecule has 0 saturated heterocycles. The summed E-state index contributed by atoms with van der Waals surface area (Å²) >= 11 is 0. The average molecular weight is 481 g/mol. The highest BCUT2D eigenvalue weighted by Gasteiger charge is 2.17. The number of methoxy groups -OCH3 is 1. The lowest BCUT2D eigenvalue weighted by Gasteiger charge is -2.21. The van der Waals surface area contributed by atoms with Crippen molar-refractivity contribution in [2.45, 2.75) is 46.6 Å². The summed E-state index contributed by atoms with van der Waals surface area (Å²) in [5.41, 5.74) is 2.73. The average Bonchev–Trinajstić information content (AvgIpc) is 2.81. The van der Waals surface area contributed by atoms with Crippen molar-refractivity contribution >= 4 is 5.97 Å². The maximum absolute atomic E-state index is 14.7. The molecule has 0 unspecified atom stereocenters. The minimum Gasteiger partial charge on any atom is -0.497 e. The molecule has 0 aliphatic carbocycles. The van der Waals surface area contributed by atoms with Crippen molar-refractivity contribution in [2.75, 3.05) is 13.7 Å². The molecule has 3 aromatic carbocycles. The third-order valence-electron chi connectivity index (χ3n) is 5.48. The highest BCUT2D eigenvalue weighted by Crippen LogP contribution is 2.36. The lowest BCUT2D eigenvalue weighted by molar-refractivity contribution is -0.137. The maximum atomic E-state index is 14.7. The Morgan fingerprint density at radius 1 is 0.971 bits per heavy atom. The first-order valence-electron chi connectivity index (χ1n) is 11.6. The number of carbonyl (C=O) groups is 1. The normalized spacial score (nSPS) is 12.2. The van der Waals surface area contributed by atoms with Gasteiger partial charge >= 0.3 is 5.97 Å². The molecule has 3 aromatic rings. The van der Waals surface area contributed by atoms with Gasteiger partial charge in [0.05, 0.1) is 20.1 Å². The maximum Gasteiger partial charge on any atom is 0.303 e. The first-order chi connectivity index (χ1) is 16.6. The van der Waals surface area contributed by atoms with Crippen LogP contribution in [0, 0.1) is 11.2 Å². The third kappa shape index (κ3) is 7.47. The summed E-state index contributed by atoms with van der Waals surface area (Å²) in [6, 6.07) is 17.7. The fourth-order valence-electron chi connectivity index (χ4n) is 3.59. The van der Waals surface area contributed by atoms with E-state index in [1.54, 1.807) is 19.2 Å². The van der Waals surface area contributed by atoms with Crippen molar-refractivity contribution < 1.29 is 28.5 Å². The summed E-state index contributed by atoms with van der Waals surface area (Å²) in [6.45, 7) is 8.84. The molecule has 0 bridgehead atoms. The van der Waals surface area contributed by atoms with Crippen LogP contribution in [-0.2, 0) is 11.4 Å². The van der Waals surface area contributed by atoms with E-state index in [2.05, 4.69) is 20.8 Å². The number of carboxylic acids is 1. The van der Waals surface area contributed by atoms with Crippen LogP contribution in [0.15, 0.2) is 60.7 Å². The van der Waals surface area contributed by atoms with Gasteiger partial charge in [-0.1, -0.05) is 52.0 Å². The highest BCUT2D eigenvalue weighted by molar-refractivity contribution is 5.72. The van der Waals surface area contributed by atoms with Crippen LogP contribution in [-0.4, -0.2) is 24.8 Å². The van der Waals surface area contributed by atoms with Gasteiger partial charge in [-0.2, -0.15) is 0 Å². The molecule has 0 aromatic heterocycles. The number of hydrogen-bond donors (Lipinski definition) is 1. The zero-order valence-electron chi connectivity index (χ0n) is 20.9. The van der Waals surface area contributed by atoms with Crippen molar-refractivity contribution in [1.82, 2.24) is 0 Å². The van der Waals surface area contributed by atoms with Crippen LogP contribution in [0.25, 0.3) is 11.1 Å². The summed E-state index contributed by atoms with van der Waals surface area (Å²) in [4.78, 5) is 11.0. The molecular weight excluding hydrogens is 447 g/mol. The van der Waals surface area contributed by atoms with Gasteiger partial charge in [-0.25, -0.2) is 4.39 Å². The molecular formula is C29H33FO5. The van der Waals surface area contributed by atoms with Gasteiger partial charge in [0, 0.05) is 11.1 Å². The van der Waals surface area contributed by atoms with E-state index in [9.17, 15) is 9.18 Å². The van der Waals surface area contributed by atoms with Crippen molar-refractivity contribution in [3.05, 3.63) is 77.6 Å². The second kappa shape index (κ2) is 11.3. The fraction of sp³-hybridized carbons (Fsp3) is 0.345. The zero-order chi connectivity index (χ0) is 25.6. The standard InChI is InChI=1S/C29H33FO5/c1-19(13-28(31)32)21-7-6-8-23(15-21)34-17-20-9-11-24(27(14-20)35-18-29(2,3)4)25-16-22(33-5)10-12-26(25)30/h6-12,14-16,19H,13,17-18H2,1-5H3,(H,31,32)/t19-/m0/s1. The van der Waals surface area contributed by atoms with E-state index < -0.39 is 5.97 Å². The molecule has 35 heavy (non-hydrogen) atoms. The van der Waals surface area contributed by atoms with Gasteiger partial charge in [-0.05, 0) is 58.9 Å². The van der Waals surface area contributed by atoms with Crippen LogP contribution in [0.3, 0.4) is 0 Å². The number of hydrogen-bond acceptors (Lipinski definition) is 4. The molecule has 0 aliphatic rings. The Morgan fingerprint density at radius 3 is 2.43 bits per heavy atom. The lowest BCUT2D eigenvalue weighted by atomic mass is 9.98. The summed E-state index contributed by atoms with van der Waals surface area (Å²) in [7, 11) is 1.55. The lowest BCUT2D eigenvalue weighted by Crippen LogP contribution is -2.17. The van der Waals surface area contributed by atoms with Gasteiger partial charge in [0.25, 0.3) is 0 Å². The summed E-state index contributed by atoms with van der Waals surface area (Å²) in [5.74, 6) is 0.469. The van der Waals surface area contributed by atoms with Gasteiger partial charge < -0.3 is 19.3 Å². The Morgan fingerprint density at radius 2 is 1.74 bits per heavy atom. The van der Waals surface area contributed by atoms with Crippen LogP contribution < -0.4 is 14.2 Å². The largest absolute Gasteiger partial charge is 0.497 e. The smallest absolute Gasteiger partial charge is 0.303 e. The van der Waals surface area contributed by atoms with Crippen LogP contribution in [0.1, 0.15) is 51.2 Å². The number of halogens is 1. The number of rotatable bonds is 10. The molecule has 0 amide bonds. The van der Waals surface area contributed by atoms with Gasteiger partial charge in [-0.15, -0.1) is 0 Å². The van der Waals surface area contributed by atoms with E-state index >= 15 is 0 Å². The van der Waals surface area contributed by atoms with Crippen molar-refractivity contribution in [3.63, 3.8) is 0 Å². The summed E-state index contributed by atoms with van der Waals surface area (Å²) in [5, 5.41) is 9.06. The topological polar surface area (TPSA) is 65.0 Å². The molecule has 1 N–H and O–H groups in total. The van der Waals surface area contributed by atoms with E-state index in [1.807, 2.05) is 49.4 Å². The molecule has 0 aliphatic heterocycles. The van der Waals surface area contributed by atoms with Gasteiger partial charge in [0.1, 0.15) is 29.7 Å². The molecule has 6 heteroatoms. The minimum absolute atomic E-state index is 0.0558. The monoisotopic (exact) mass is 480 g/mol. The predicted molar refractivity (Wildman–Crippen MR) is 135 cm³/mol. The van der Waals surface area contributed by atoms with E-state index in [0.29, 0.717) is 35.0 Å². The van der Waals surface area contributed by atoms with Gasteiger partial charge in [0.2, 0.25) is 0 Å². The van der Waals surface area contributed by atoms with Crippen LogP contribution in [0.4, 0.5) is 4.39 Å². The molecule has 0 saturated carbocycles. The predicted octanol–water partition coefficient (Wildman–Crippen LogP) is 7.08. The quantitative estimate of drug-likeness (QED) is 0.336.